The molecule has 5 nitrogen and oxygen atoms in total. The molecule has 0 aliphatic rings. The summed E-state index contributed by atoms with van der Waals surface area (Å²) < 4.78 is 0. The van der Waals surface area contributed by atoms with Gasteiger partial charge in [0.2, 0.25) is 5.95 Å². The van der Waals surface area contributed by atoms with Gasteiger partial charge >= 0.3 is 0 Å². The molecule has 0 spiro atoms. The van der Waals surface area contributed by atoms with Crippen LogP contribution in [0.3, 0.4) is 0 Å². The van der Waals surface area contributed by atoms with Crippen LogP contribution < -0.4 is 16.6 Å². The standard InChI is InChI=1S/C9H17N5/c1-6(2)7(3)12-8-4-5-11-9(13-8)14-10/h4-7H,10H2,1-3H3,(H2,11,12,13,14). The van der Waals surface area contributed by atoms with Crippen LogP contribution in [-0.2, 0) is 0 Å². The van der Waals surface area contributed by atoms with Crippen LogP contribution in [0.2, 0.25) is 0 Å². The fourth-order valence-electron chi connectivity index (χ4n) is 0.909. The Hall–Kier alpha value is -1.36. The van der Waals surface area contributed by atoms with Gasteiger partial charge in [-0.3, -0.25) is 5.43 Å². The summed E-state index contributed by atoms with van der Waals surface area (Å²) in [5, 5.41) is 3.27. The highest BCUT2D eigenvalue weighted by atomic mass is 15.3. The first-order valence-electron chi connectivity index (χ1n) is 4.69. The summed E-state index contributed by atoms with van der Waals surface area (Å²) >= 11 is 0. The molecule has 4 N–H and O–H groups in total. The first-order chi connectivity index (χ1) is 6.63. The van der Waals surface area contributed by atoms with Gasteiger partial charge in [-0.05, 0) is 18.9 Å². The zero-order valence-electron chi connectivity index (χ0n) is 8.78. The van der Waals surface area contributed by atoms with Crippen LogP contribution in [0.5, 0.6) is 0 Å². The van der Waals surface area contributed by atoms with Crippen LogP contribution in [0.1, 0.15) is 20.8 Å². The Labute approximate surface area is 84.1 Å². The molecular formula is C9H17N5. The van der Waals surface area contributed by atoms with Crippen LogP contribution >= 0.6 is 0 Å². The van der Waals surface area contributed by atoms with Gasteiger partial charge in [-0.1, -0.05) is 13.8 Å². The summed E-state index contributed by atoms with van der Waals surface area (Å²) in [6, 6.07) is 2.19. The second-order valence-corrected chi connectivity index (χ2v) is 3.59. The third kappa shape index (κ3) is 2.85. The Bertz CT molecular complexity index is 286. The lowest BCUT2D eigenvalue weighted by atomic mass is 10.1. The van der Waals surface area contributed by atoms with Gasteiger partial charge in [-0.2, -0.15) is 4.98 Å². The molecule has 1 aromatic rings. The molecule has 1 aromatic heterocycles. The minimum Gasteiger partial charge on any atom is -0.367 e. The fraction of sp³-hybridized carbons (Fsp3) is 0.556. The highest BCUT2D eigenvalue weighted by molar-refractivity contribution is 5.39. The number of nitrogens with one attached hydrogen (secondary N) is 2. The Morgan fingerprint density at radius 3 is 2.64 bits per heavy atom. The first kappa shape index (κ1) is 10.7. The number of anilines is 2. The Morgan fingerprint density at radius 1 is 1.36 bits per heavy atom. The molecule has 5 heteroatoms. The summed E-state index contributed by atoms with van der Waals surface area (Å²) in [5.41, 5.74) is 2.41. The number of hydrazine groups is 1. The molecule has 0 aromatic carbocycles. The second kappa shape index (κ2) is 4.76. The van der Waals surface area contributed by atoms with Crippen LogP contribution in [0.15, 0.2) is 12.3 Å². The lowest BCUT2D eigenvalue weighted by molar-refractivity contribution is 0.558. The minimum atomic E-state index is 0.371. The molecule has 78 valence electrons. The molecule has 0 radical (unpaired) electrons. The van der Waals surface area contributed by atoms with E-state index >= 15 is 0 Å². The zero-order chi connectivity index (χ0) is 10.6. The van der Waals surface area contributed by atoms with Gasteiger partial charge in [0.1, 0.15) is 5.82 Å². The third-order valence-electron chi connectivity index (χ3n) is 2.16. The number of nitrogens with zero attached hydrogens (tertiary/aromatic N) is 2. The number of nitrogen functional groups attached to an aromatic ring is 1. The van der Waals surface area contributed by atoms with Gasteiger partial charge < -0.3 is 5.32 Å². The van der Waals surface area contributed by atoms with Crippen molar-refractivity contribution in [1.29, 1.82) is 0 Å². The van der Waals surface area contributed by atoms with E-state index in [1.54, 1.807) is 6.20 Å². The van der Waals surface area contributed by atoms with E-state index in [9.17, 15) is 0 Å². The molecule has 0 saturated heterocycles. The van der Waals surface area contributed by atoms with Crippen molar-refractivity contribution in [3.05, 3.63) is 12.3 Å². The quantitative estimate of drug-likeness (QED) is 0.497. The predicted molar refractivity (Wildman–Crippen MR) is 57.8 cm³/mol. The smallest absolute Gasteiger partial charge is 0.239 e. The van der Waals surface area contributed by atoms with E-state index in [0.717, 1.165) is 5.82 Å². The molecule has 14 heavy (non-hydrogen) atoms. The van der Waals surface area contributed by atoms with Crippen molar-refractivity contribution in [1.82, 2.24) is 9.97 Å². The van der Waals surface area contributed by atoms with E-state index < -0.39 is 0 Å². The second-order valence-electron chi connectivity index (χ2n) is 3.59. The molecule has 0 aliphatic carbocycles. The summed E-state index contributed by atoms with van der Waals surface area (Å²) in [4.78, 5) is 8.08. The average Bonchev–Trinajstić information content (AvgIpc) is 2.18. The molecule has 1 unspecified atom stereocenters. The van der Waals surface area contributed by atoms with Gasteiger partial charge in [0, 0.05) is 12.2 Å². The van der Waals surface area contributed by atoms with Crippen molar-refractivity contribution in [2.45, 2.75) is 26.8 Å². The van der Waals surface area contributed by atoms with E-state index in [2.05, 4.69) is 41.5 Å². The molecule has 1 atom stereocenters. The highest BCUT2D eigenvalue weighted by Gasteiger charge is 2.07. The molecule has 0 aliphatic heterocycles. The van der Waals surface area contributed by atoms with E-state index in [-0.39, 0.29) is 0 Å². The molecule has 0 fully saturated rings. The average molecular weight is 195 g/mol. The zero-order valence-corrected chi connectivity index (χ0v) is 8.78. The summed E-state index contributed by atoms with van der Waals surface area (Å²) in [6.45, 7) is 6.42. The maximum atomic E-state index is 5.21. The van der Waals surface area contributed by atoms with Crippen molar-refractivity contribution < 1.29 is 0 Å². The number of nitrogens with two attached hydrogens (primary N) is 1. The Morgan fingerprint density at radius 2 is 2.07 bits per heavy atom. The lowest BCUT2D eigenvalue weighted by Gasteiger charge is -2.17. The molecule has 1 heterocycles. The number of hydrogen-bond donors (Lipinski definition) is 3. The van der Waals surface area contributed by atoms with Gasteiger partial charge in [-0.15, -0.1) is 0 Å². The van der Waals surface area contributed by atoms with Gasteiger partial charge in [0.05, 0.1) is 0 Å². The van der Waals surface area contributed by atoms with Crippen molar-refractivity contribution >= 4 is 11.8 Å². The number of aromatic nitrogens is 2. The molecule has 1 rings (SSSR count). The van der Waals surface area contributed by atoms with Crippen LogP contribution in [0.25, 0.3) is 0 Å². The minimum absolute atomic E-state index is 0.371. The van der Waals surface area contributed by atoms with Gasteiger partial charge in [0.25, 0.3) is 0 Å². The van der Waals surface area contributed by atoms with Crippen molar-refractivity contribution in [2.24, 2.45) is 11.8 Å². The number of rotatable bonds is 4. The van der Waals surface area contributed by atoms with Crippen LogP contribution in [0.4, 0.5) is 11.8 Å². The maximum absolute atomic E-state index is 5.21. The first-order valence-corrected chi connectivity index (χ1v) is 4.69. The fourth-order valence-corrected chi connectivity index (χ4v) is 0.909. The lowest BCUT2D eigenvalue weighted by Crippen LogP contribution is -2.22. The Balaban J connectivity index is 2.66. The molecule has 0 saturated carbocycles. The van der Waals surface area contributed by atoms with Crippen LogP contribution in [-0.4, -0.2) is 16.0 Å². The highest BCUT2D eigenvalue weighted by Crippen LogP contribution is 2.10. The summed E-state index contributed by atoms with van der Waals surface area (Å²) in [7, 11) is 0. The third-order valence-corrected chi connectivity index (χ3v) is 2.16. The van der Waals surface area contributed by atoms with E-state index in [0.29, 0.717) is 17.9 Å². The number of hydrogen-bond acceptors (Lipinski definition) is 5. The van der Waals surface area contributed by atoms with E-state index in [1.807, 2.05) is 6.07 Å². The van der Waals surface area contributed by atoms with Crippen LogP contribution in [0, 0.1) is 5.92 Å². The summed E-state index contributed by atoms with van der Waals surface area (Å²) in [5.74, 6) is 6.97. The van der Waals surface area contributed by atoms with Gasteiger partial charge in [-0.25, -0.2) is 10.8 Å². The monoisotopic (exact) mass is 195 g/mol. The molecule has 0 bridgehead atoms. The molecule has 0 amide bonds. The van der Waals surface area contributed by atoms with Crippen molar-refractivity contribution in [2.75, 3.05) is 10.7 Å². The van der Waals surface area contributed by atoms with Crippen molar-refractivity contribution in [3.63, 3.8) is 0 Å². The maximum Gasteiger partial charge on any atom is 0.239 e. The molecular weight excluding hydrogens is 178 g/mol. The summed E-state index contributed by atoms with van der Waals surface area (Å²) in [6.07, 6.45) is 1.66. The van der Waals surface area contributed by atoms with Gasteiger partial charge in [0.15, 0.2) is 0 Å². The topological polar surface area (TPSA) is 75.9 Å². The van der Waals surface area contributed by atoms with Crippen molar-refractivity contribution in [3.8, 4) is 0 Å². The normalized spacial score (nSPS) is 12.6. The Kier molecular flexibility index (Phi) is 3.64. The largest absolute Gasteiger partial charge is 0.367 e. The van der Waals surface area contributed by atoms with E-state index in [1.165, 1.54) is 0 Å². The predicted octanol–water partition coefficient (Wildman–Crippen LogP) is 1.22. The van der Waals surface area contributed by atoms with E-state index in [4.69, 9.17) is 5.84 Å². The SMILES string of the molecule is CC(C)C(C)Nc1ccnc(NN)n1.